The van der Waals surface area contributed by atoms with Gasteiger partial charge in [-0.3, -0.25) is 4.99 Å². The predicted octanol–water partition coefficient (Wildman–Crippen LogP) is 6.80. The van der Waals surface area contributed by atoms with E-state index in [2.05, 4.69) is 116 Å². The van der Waals surface area contributed by atoms with Gasteiger partial charge in [-0.1, -0.05) is 84.1 Å². The van der Waals surface area contributed by atoms with Crippen molar-refractivity contribution in [2.75, 3.05) is 39.3 Å². The number of aryl methyl sites for hydroxylation is 3. The normalized spacial score (nSPS) is 24.2. The first-order valence-electron chi connectivity index (χ1n) is 24.1. The number of hydrogen-bond acceptors (Lipinski definition) is 6. The third-order valence-corrected chi connectivity index (χ3v) is 14.0. The van der Waals surface area contributed by atoms with E-state index in [9.17, 15) is 0 Å². The second-order valence-electron chi connectivity index (χ2n) is 19.3. The van der Waals surface area contributed by atoms with E-state index in [1.165, 1.54) is 120 Å². The standard InChI is InChI=1S/C21H32N4.C15H22N4.C15H21N3/c1-16-6-7-18-14-25(15-19(18)10-16)21(11-17-4-2-8-22-12-17)24-20-5-3-9-23-13-20;1-11-4-5-12-9-19(10-13(12)7-11)15(16)18-14-3-2-6-17-8-14;1-11-6-7-12-9-18(10-13(12)8-11)15(16)17-14-4-2-3-5-14/h6-7,10,17,20,22-23H,2-5,8-9,11-15H2,1H3;4-5,7,14,17H,2-3,6,8-10H2,1H3,(H2,16,18);6-8,14H,2-5,9-10H2,1H3,(H2,16,17). The van der Waals surface area contributed by atoms with Gasteiger partial charge in [0.1, 0.15) is 5.84 Å². The maximum Gasteiger partial charge on any atom is 0.192 e. The Morgan fingerprint density at radius 2 is 0.887 bits per heavy atom. The molecule has 10 rings (SSSR count). The van der Waals surface area contributed by atoms with Crippen LogP contribution in [0.2, 0.25) is 0 Å². The molecule has 11 heteroatoms. The molecule has 62 heavy (non-hydrogen) atoms. The first-order chi connectivity index (χ1) is 30.2. The summed E-state index contributed by atoms with van der Waals surface area (Å²) in [5.41, 5.74) is 24.9. The molecule has 7 N–H and O–H groups in total. The molecule has 3 aromatic carbocycles. The highest BCUT2D eigenvalue weighted by Gasteiger charge is 2.27. The zero-order chi connectivity index (χ0) is 42.8. The van der Waals surface area contributed by atoms with Crippen LogP contribution in [0, 0.1) is 26.7 Å². The number of rotatable bonds is 5. The molecule has 1 aliphatic carbocycles. The van der Waals surface area contributed by atoms with Crippen molar-refractivity contribution in [2.24, 2.45) is 32.4 Å². The summed E-state index contributed by atoms with van der Waals surface area (Å²) in [6, 6.07) is 21.5. The first kappa shape index (κ1) is 44.2. The Morgan fingerprint density at radius 1 is 0.484 bits per heavy atom. The van der Waals surface area contributed by atoms with Gasteiger partial charge < -0.3 is 42.1 Å². The Bertz CT molecular complexity index is 2030. The molecule has 3 saturated heterocycles. The van der Waals surface area contributed by atoms with Crippen molar-refractivity contribution in [2.45, 2.75) is 149 Å². The molecule has 11 nitrogen and oxygen atoms in total. The topological polar surface area (TPSA) is 135 Å². The molecule has 334 valence electrons. The zero-order valence-electron chi connectivity index (χ0n) is 38.1. The second-order valence-corrected chi connectivity index (χ2v) is 19.3. The average molecular weight is 842 g/mol. The van der Waals surface area contributed by atoms with Crippen molar-refractivity contribution in [3.05, 3.63) is 105 Å². The molecular weight excluding hydrogens is 767 g/mol. The molecule has 0 spiro atoms. The molecule has 6 heterocycles. The second kappa shape index (κ2) is 21.3. The molecule has 6 aliphatic heterocycles. The van der Waals surface area contributed by atoms with Gasteiger partial charge in [-0.2, -0.15) is 0 Å². The molecule has 0 radical (unpaired) electrons. The number of guanidine groups is 2. The summed E-state index contributed by atoms with van der Waals surface area (Å²) >= 11 is 0. The molecule has 1 saturated carbocycles. The van der Waals surface area contributed by atoms with Crippen LogP contribution >= 0.6 is 0 Å². The largest absolute Gasteiger partial charge is 0.370 e. The van der Waals surface area contributed by atoms with Gasteiger partial charge in [-0.25, -0.2) is 9.98 Å². The SMILES string of the molecule is Cc1ccc2c(c1)CN(C(CC1CCCNC1)=NC1CCCNC1)C2.Cc1ccc2c(c1)CN(C(N)=NC1CCCC1)C2.Cc1ccc2c(c1)CN(C(N)=NC1CCCNC1)C2. The smallest absolute Gasteiger partial charge is 0.192 e. The van der Waals surface area contributed by atoms with Gasteiger partial charge in [0.05, 0.1) is 18.1 Å². The van der Waals surface area contributed by atoms with Gasteiger partial charge in [-0.05, 0) is 138 Å². The number of fused-ring (bicyclic) bond motifs is 3. The van der Waals surface area contributed by atoms with Crippen LogP contribution in [-0.2, 0) is 39.3 Å². The van der Waals surface area contributed by atoms with E-state index >= 15 is 0 Å². The Hall–Kier alpha value is -4.45. The fourth-order valence-corrected chi connectivity index (χ4v) is 10.4. The van der Waals surface area contributed by atoms with E-state index in [1.807, 2.05) is 0 Å². The van der Waals surface area contributed by atoms with Gasteiger partial charge in [-0.15, -0.1) is 0 Å². The van der Waals surface area contributed by atoms with Crippen LogP contribution in [0.25, 0.3) is 0 Å². The summed E-state index contributed by atoms with van der Waals surface area (Å²) in [6.45, 7) is 18.8. The van der Waals surface area contributed by atoms with Crippen LogP contribution in [-0.4, -0.2) is 89.8 Å². The van der Waals surface area contributed by atoms with Gasteiger partial charge >= 0.3 is 0 Å². The summed E-state index contributed by atoms with van der Waals surface area (Å²) in [7, 11) is 0. The minimum absolute atomic E-state index is 0.346. The third kappa shape index (κ3) is 12.0. The van der Waals surface area contributed by atoms with Gasteiger partial charge in [0.2, 0.25) is 0 Å². The van der Waals surface area contributed by atoms with E-state index in [-0.39, 0.29) is 0 Å². The maximum atomic E-state index is 6.18. The maximum absolute atomic E-state index is 6.18. The first-order valence-corrected chi connectivity index (χ1v) is 24.1. The van der Waals surface area contributed by atoms with E-state index in [1.54, 1.807) is 0 Å². The van der Waals surface area contributed by atoms with Crippen LogP contribution in [0.5, 0.6) is 0 Å². The fourth-order valence-electron chi connectivity index (χ4n) is 10.4. The summed E-state index contributed by atoms with van der Waals surface area (Å²) in [4.78, 5) is 21.6. The number of nitrogens with two attached hydrogens (primary N) is 2. The summed E-state index contributed by atoms with van der Waals surface area (Å²) in [5, 5.41) is 10.5. The molecule has 7 aliphatic rings. The van der Waals surface area contributed by atoms with Crippen molar-refractivity contribution < 1.29 is 0 Å². The minimum Gasteiger partial charge on any atom is -0.370 e. The van der Waals surface area contributed by atoms with E-state index in [4.69, 9.17) is 16.5 Å². The van der Waals surface area contributed by atoms with Crippen LogP contribution in [0.15, 0.2) is 69.6 Å². The molecule has 3 aromatic rings. The number of aliphatic imine (C=N–C) groups is 3. The van der Waals surface area contributed by atoms with Gasteiger partial charge in [0.25, 0.3) is 0 Å². The lowest BCUT2D eigenvalue weighted by molar-refractivity contribution is 0.357. The number of hydrogen-bond donors (Lipinski definition) is 5. The molecule has 0 aromatic heterocycles. The fraction of sp³-hybridized carbons (Fsp3) is 0.588. The Kier molecular flexibility index (Phi) is 15.2. The summed E-state index contributed by atoms with van der Waals surface area (Å²) < 4.78 is 0. The molecule has 3 atom stereocenters. The highest BCUT2D eigenvalue weighted by atomic mass is 15.3. The Balaban J connectivity index is 0.000000130. The zero-order valence-corrected chi connectivity index (χ0v) is 38.1. The van der Waals surface area contributed by atoms with Crippen LogP contribution in [0.3, 0.4) is 0 Å². The van der Waals surface area contributed by atoms with Crippen molar-refractivity contribution in [3.8, 4) is 0 Å². The highest BCUT2D eigenvalue weighted by molar-refractivity contribution is 5.83. The number of amidine groups is 1. The van der Waals surface area contributed by atoms with E-state index < -0.39 is 0 Å². The number of nitrogens with zero attached hydrogens (tertiary/aromatic N) is 6. The average Bonchev–Trinajstić information content (AvgIpc) is 4.12. The van der Waals surface area contributed by atoms with Crippen LogP contribution in [0.4, 0.5) is 0 Å². The summed E-state index contributed by atoms with van der Waals surface area (Å²) in [5.74, 6) is 3.53. The van der Waals surface area contributed by atoms with Gasteiger partial charge in [0.15, 0.2) is 11.9 Å². The lowest BCUT2D eigenvalue weighted by Gasteiger charge is -2.29. The van der Waals surface area contributed by atoms with Crippen molar-refractivity contribution in [3.63, 3.8) is 0 Å². The lowest BCUT2D eigenvalue weighted by atomic mass is 9.95. The lowest BCUT2D eigenvalue weighted by Crippen LogP contribution is -2.38. The quantitative estimate of drug-likeness (QED) is 0.140. The number of piperidine rings is 3. The highest BCUT2D eigenvalue weighted by Crippen LogP contribution is 2.29. The number of benzene rings is 3. The van der Waals surface area contributed by atoms with Crippen molar-refractivity contribution >= 4 is 17.8 Å². The van der Waals surface area contributed by atoms with Gasteiger partial charge in [0, 0.05) is 58.8 Å². The molecule has 0 bridgehead atoms. The Morgan fingerprint density at radius 3 is 1.35 bits per heavy atom. The predicted molar refractivity (Wildman–Crippen MR) is 256 cm³/mol. The van der Waals surface area contributed by atoms with Crippen LogP contribution in [0.1, 0.15) is 121 Å². The van der Waals surface area contributed by atoms with E-state index in [0.717, 1.165) is 96.7 Å². The molecule has 3 unspecified atom stereocenters. The molecule has 0 amide bonds. The molecular formula is C51H75N11. The minimum atomic E-state index is 0.346. The summed E-state index contributed by atoms with van der Waals surface area (Å²) in [6.07, 6.45) is 13.6. The number of nitrogens with one attached hydrogen (secondary N) is 3. The molecule has 4 fully saturated rings. The van der Waals surface area contributed by atoms with E-state index in [0.29, 0.717) is 24.1 Å². The van der Waals surface area contributed by atoms with Crippen molar-refractivity contribution in [1.29, 1.82) is 0 Å². The third-order valence-electron chi connectivity index (χ3n) is 14.0. The Labute approximate surface area is 372 Å². The van der Waals surface area contributed by atoms with Crippen LogP contribution < -0.4 is 27.4 Å². The monoisotopic (exact) mass is 842 g/mol. The van der Waals surface area contributed by atoms with Crippen molar-refractivity contribution in [1.82, 2.24) is 30.7 Å².